The summed E-state index contributed by atoms with van der Waals surface area (Å²) in [5.41, 5.74) is 2.36. The van der Waals surface area contributed by atoms with Gasteiger partial charge in [0.25, 0.3) is 0 Å². The molecule has 0 radical (unpaired) electrons. The topological polar surface area (TPSA) is 41.1 Å². The molecule has 2 aliphatic heterocycles. The number of hydrogen-bond donors (Lipinski definition) is 2. The Morgan fingerprint density at radius 3 is 3.05 bits per heavy atom. The molecule has 1 unspecified atom stereocenters. The van der Waals surface area contributed by atoms with Gasteiger partial charge in [-0.05, 0) is 35.8 Å². The van der Waals surface area contributed by atoms with E-state index in [1.54, 1.807) is 11.8 Å². The van der Waals surface area contributed by atoms with E-state index in [9.17, 15) is 4.79 Å². The number of thioether (sulfide) groups is 2. The molecular weight excluding hydrogens is 288 g/mol. The van der Waals surface area contributed by atoms with E-state index >= 15 is 0 Å². The van der Waals surface area contributed by atoms with Crippen molar-refractivity contribution in [2.75, 3.05) is 27.9 Å². The van der Waals surface area contributed by atoms with Gasteiger partial charge in [0.15, 0.2) is 0 Å². The SMILES string of the molecule is CC1(C)CCSCC1Nc1ccc2c(c1)NC(=O)CS2. The van der Waals surface area contributed by atoms with E-state index in [4.69, 9.17) is 0 Å². The summed E-state index contributed by atoms with van der Waals surface area (Å²) in [5.74, 6) is 3.01. The van der Waals surface area contributed by atoms with Crippen LogP contribution in [0.25, 0.3) is 0 Å². The zero-order valence-corrected chi connectivity index (χ0v) is 13.5. The lowest BCUT2D eigenvalue weighted by atomic mass is 9.82. The number of nitrogens with one attached hydrogen (secondary N) is 2. The monoisotopic (exact) mass is 308 g/mol. The average Bonchev–Trinajstić information content (AvgIpc) is 2.40. The molecule has 2 heterocycles. The highest BCUT2D eigenvalue weighted by atomic mass is 32.2. The van der Waals surface area contributed by atoms with Gasteiger partial charge in [-0.1, -0.05) is 13.8 Å². The minimum Gasteiger partial charge on any atom is -0.381 e. The van der Waals surface area contributed by atoms with Crippen molar-refractivity contribution < 1.29 is 4.79 Å². The summed E-state index contributed by atoms with van der Waals surface area (Å²) in [6, 6.07) is 6.77. The van der Waals surface area contributed by atoms with Crippen molar-refractivity contribution in [2.24, 2.45) is 5.41 Å². The maximum atomic E-state index is 11.5. The van der Waals surface area contributed by atoms with Crippen LogP contribution < -0.4 is 10.6 Å². The smallest absolute Gasteiger partial charge is 0.234 e. The Morgan fingerprint density at radius 1 is 1.40 bits per heavy atom. The van der Waals surface area contributed by atoms with E-state index in [2.05, 4.69) is 42.7 Å². The van der Waals surface area contributed by atoms with Crippen molar-refractivity contribution in [1.82, 2.24) is 0 Å². The first-order valence-electron chi connectivity index (χ1n) is 6.96. The van der Waals surface area contributed by atoms with Crippen LogP contribution in [0, 0.1) is 5.41 Å². The van der Waals surface area contributed by atoms with Crippen LogP contribution >= 0.6 is 23.5 Å². The summed E-state index contributed by atoms with van der Waals surface area (Å²) in [6.07, 6.45) is 1.24. The quantitative estimate of drug-likeness (QED) is 0.874. The van der Waals surface area contributed by atoms with E-state index in [1.165, 1.54) is 12.2 Å². The van der Waals surface area contributed by atoms with E-state index in [0.29, 0.717) is 17.2 Å². The molecule has 0 aromatic heterocycles. The zero-order chi connectivity index (χ0) is 14.2. The largest absolute Gasteiger partial charge is 0.381 e. The molecule has 1 amide bonds. The minimum atomic E-state index is 0.0909. The lowest BCUT2D eigenvalue weighted by Crippen LogP contribution is -2.41. The molecule has 1 aromatic rings. The van der Waals surface area contributed by atoms with Crippen LogP contribution in [-0.4, -0.2) is 29.2 Å². The Labute approximate surface area is 128 Å². The Balaban J connectivity index is 1.78. The summed E-state index contributed by atoms with van der Waals surface area (Å²) in [4.78, 5) is 12.6. The summed E-state index contributed by atoms with van der Waals surface area (Å²) in [7, 11) is 0. The van der Waals surface area contributed by atoms with Crippen LogP contribution in [-0.2, 0) is 4.79 Å². The number of rotatable bonds is 2. The molecule has 5 heteroatoms. The normalized spacial score (nSPS) is 24.7. The number of carbonyl (C=O) groups is 1. The lowest BCUT2D eigenvalue weighted by Gasteiger charge is -2.39. The minimum absolute atomic E-state index is 0.0909. The van der Waals surface area contributed by atoms with Crippen molar-refractivity contribution >= 4 is 40.8 Å². The van der Waals surface area contributed by atoms with Crippen LogP contribution in [0.3, 0.4) is 0 Å². The molecule has 1 aromatic carbocycles. The van der Waals surface area contributed by atoms with Crippen LogP contribution in [0.2, 0.25) is 0 Å². The van der Waals surface area contributed by atoms with Gasteiger partial charge < -0.3 is 10.6 Å². The molecule has 20 heavy (non-hydrogen) atoms. The molecule has 3 rings (SSSR count). The third kappa shape index (κ3) is 2.93. The van der Waals surface area contributed by atoms with Crippen molar-refractivity contribution in [2.45, 2.75) is 31.2 Å². The van der Waals surface area contributed by atoms with Gasteiger partial charge >= 0.3 is 0 Å². The van der Waals surface area contributed by atoms with Gasteiger partial charge in [0.05, 0.1) is 11.4 Å². The molecule has 1 saturated heterocycles. The fraction of sp³-hybridized carbons (Fsp3) is 0.533. The highest BCUT2D eigenvalue weighted by Gasteiger charge is 2.32. The average molecular weight is 308 g/mol. The molecule has 0 bridgehead atoms. The molecule has 1 atom stereocenters. The molecule has 2 N–H and O–H groups in total. The first kappa shape index (κ1) is 14.1. The number of carbonyl (C=O) groups excluding carboxylic acids is 1. The van der Waals surface area contributed by atoms with Gasteiger partial charge in [-0.15, -0.1) is 11.8 Å². The second kappa shape index (κ2) is 5.53. The van der Waals surface area contributed by atoms with Gasteiger partial charge in [0.2, 0.25) is 5.91 Å². The van der Waals surface area contributed by atoms with E-state index in [-0.39, 0.29) is 5.91 Å². The van der Waals surface area contributed by atoms with Crippen molar-refractivity contribution in [3.05, 3.63) is 18.2 Å². The summed E-state index contributed by atoms with van der Waals surface area (Å²) < 4.78 is 0. The van der Waals surface area contributed by atoms with Crippen LogP contribution in [0.1, 0.15) is 20.3 Å². The van der Waals surface area contributed by atoms with Crippen molar-refractivity contribution in [3.63, 3.8) is 0 Å². The molecule has 108 valence electrons. The fourth-order valence-electron chi connectivity index (χ4n) is 2.55. The molecule has 3 nitrogen and oxygen atoms in total. The van der Waals surface area contributed by atoms with E-state index < -0.39 is 0 Å². The Bertz CT molecular complexity index is 531. The lowest BCUT2D eigenvalue weighted by molar-refractivity contribution is -0.113. The van der Waals surface area contributed by atoms with Gasteiger partial charge in [-0.2, -0.15) is 11.8 Å². The number of benzene rings is 1. The number of amides is 1. The molecule has 0 spiro atoms. The van der Waals surface area contributed by atoms with E-state index in [1.807, 2.05) is 11.8 Å². The predicted octanol–water partition coefficient (Wildman–Crippen LogP) is 3.67. The molecule has 1 fully saturated rings. The molecule has 0 saturated carbocycles. The van der Waals surface area contributed by atoms with Crippen molar-refractivity contribution in [1.29, 1.82) is 0 Å². The van der Waals surface area contributed by atoms with Crippen LogP contribution in [0.15, 0.2) is 23.1 Å². The Morgan fingerprint density at radius 2 is 2.25 bits per heavy atom. The third-order valence-electron chi connectivity index (χ3n) is 4.07. The van der Waals surface area contributed by atoms with E-state index in [0.717, 1.165) is 22.0 Å². The predicted molar refractivity (Wildman–Crippen MR) is 88.9 cm³/mol. The molecular formula is C15H20N2OS2. The second-order valence-corrected chi connectivity index (χ2v) is 8.23. The molecule has 2 aliphatic rings. The maximum absolute atomic E-state index is 11.5. The van der Waals surface area contributed by atoms with Gasteiger partial charge in [0.1, 0.15) is 0 Å². The second-order valence-electron chi connectivity index (χ2n) is 6.06. The fourth-order valence-corrected chi connectivity index (χ4v) is 4.94. The maximum Gasteiger partial charge on any atom is 0.234 e. The Hall–Kier alpha value is -0.810. The summed E-state index contributed by atoms with van der Waals surface area (Å²) >= 11 is 3.62. The van der Waals surface area contributed by atoms with Gasteiger partial charge in [-0.3, -0.25) is 4.79 Å². The number of hydrogen-bond acceptors (Lipinski definition) is 4. The standard InChI is InChI=1S/C15H20N2OS2/c1-15(2)5-6-19-8-13(15)16-10-3-4-12-11(7-10)17-14(18)9-20-12/h3-4,7,13,16H,5-6,8-9H2,1-2H3,(H,17,18). The highest BCUT2D eigenvalue weighted by molar-refractivity contribution is 8.00. The number of anilines is 2. The zero-order valence-electron chi connectivity index (χ0n) is 11.9. The first-order valence-corrected chi connectivity index (χ1v) is 9.10. The Kier molecular flexibility index (Phi) is 3.91. The van der Waals surface area contributed by atoms with Gasteiger partial charge in [-0.25, -0.2) is 0 Å². The third-order valence-corrected chi connectivity index (χ3v) is 6.21. The van der Waals surface area contributed by atoms with Crippen LogP contribution in [0.5, 0.6) is 0 Å². The first-order chi connectivity index (χ1) is 9.54. The highest BCUT2D eigenvalue weighted by Crippen LogP contribution is 2.38. The van der Waals surface area contributed by atoms with Crippen LogP contribution in [0.4, 0.5) is 11.4 Å². The molecule has 0 aliphatic carbocycles. The van der Waals surface area contributed by atoms with Gasteiger partial charge in [0, 0.05) is 22.4 Å². The number of fused-ring (bicyclic) bond motifs is 1. The summed E-state index contributed by atoms with van der Waals surface area (Å²) in [6.45, 7) is 4.67. The summed E-state index contributed by atoms with van der Waals surface area (Å²) in [5, 5.41) is 6.61. The van der Waals surface area contributed by atoms with Crippen molar-refractivity contribution in [3.8, 4) is 0 Å².